The van der Waals surface area contributed by atoms with Gasteiger partial charge in [0, 0.05) is 24.9 Å². The zero-order chi connectivity index (χ0) is 16.5. The van der Waals surface area contributed by atoms with E-state index in [-0.39, 0.29) is 18.3 Å². The molecule has 25 heavy (non-hydrogen) atoms. The van der Waals surface area contributed by atoms with Crippen molar-refractivity contribution < 1.29 is 9.53 Å². The minimum atomic E-state index is 0. The van der Waals surface area contributed by atoms with E-state index in [2.05, 4.69) is 35.3 Å². The average Bonchev–Trinajstić information content (AvgIpc) is 3.20. The Morgan fingerprint density at radius 2 is 2.08 bits per heavy atom. The largest absolute Gasteiger partial charge is 0.493 e. The van der Waals surface area contributed by atoms with Gasteiger partial charge in [-0.1, -0.05) is 31.9 Å². The van der Waals surface area contributed by atoms with Crippen LogP contribution in [-0.4, -0.2) is 36.5 Å². The molecule has 2 fully saturated rings. The van der Waals surface area contributed by atoms with Crippen LogP contribution in [0.2, 0.25) is 0 Å². The monoisotopic (exact) mass is 364 g/mol. The lowest BCUT2D eigenvalue weighted by Gasteiger charge is -2.37. The highest BCUT2D eigenvalue weighted by Gasteiger charge is 2.35. The number of fused-ring (bicyclic) bond motifs is 1. The second-order valence-corrected chi connectivity index (χ2v) is 7.65. The number of hydrogen-bond acceptors (Lipinski definition) is 3. The maximum Gasteiger partial charge on any atom is 0.226 e. The molecule has 1 unspecified atom stereocenters. The molecule has 1 amide bonds. The van der Waals surface area contributed by atoms with Crippen LogP contribution in [0.4, 0.5) is 0 Å². The van der Waals surface area contributed by atoms with Gasteiger partial charge in [-0.05, 0) is 49.0 Å². The van der Waals surface area contributed by atoms with Gasteiger partial charge in [-0.25, -0.2) is 0 Å². The van der Waals surface area contributed by atoms with Crippen LogP contribution in [0.3, 0.4) is 0 Å². The predicted octanol–water partition coefficient (Wildman–Crippen LogP) is 3.17. The van der Waals surface area contributed by atoms with Gasteiger partial charge < -0.3 is 15.0 Å². The van der Waals surface area contributed by atoms with Gasteiger partial charge in [0.15, 0.2) is 0 Å². The third-order valence-electron chi connectivity index (χ3n) is 6.07. The van der Waals surface area contributed by atoms with E-state index in [0.717, 1.165) is 51.3 Å². The van der Waals surface area contributed by atoms with Gasteiger partial charge in [-0.2, -0.15) is 0 Å². The molecule has 1 saturated carbocycles. The highest BCUT2D eigenvalue weighted by molar-refractivity contribution is 5.85. The van der Waals surface area contributed by atoms with Crippen LogP contribution in [0, 0.1) is 11.8 Å². The normalized spacial score (nSPS) is 21.0. The smallest absolute Gasteiger partial charge is 0.226 e. The van der Waals surface area contributed by atoms with Crippen LogP contribution < -0.4 is 10.1 Å². The van der Waals surface area contributed by atoms with E-state index in [0.29, 0.717) is 17.9 Å². The molecule has 1 aliphatic carbocycles. The van der Waals surface area contributed by atoms with Crippen molar-refractivity contribution in [1.82, 2.24) is 10.2 Å². The fourth-order valence-electron chi connectivity index (χ4n) is 4.27. The van der Waals surface area contributed by atoms with Gasteiger partial charge in [0.2, 0.25) is 5.91 Å². The first kappa shape index (κ1) is 18.5. The summed E-state index contributed by atoms with van der Waals surface area (Å²) in [5.41, 5.74) is 2.54. The maximum atomic E-state index is 13.2. The van der Waals surface area contributed by atoms with Gasteiger partial charge in [0.1, 0.15) is 5.75 Å². The standard InChI is InChI=1S/C20H28N2O2.ClH/c1-14(17-11-21-12-17)20(23)22(18-4-2-3-5-18)13-15-6-7-19-16(10-15)8-9-24-19;/h6-7,10,14,17-18,21H,2-5,8-9,11-13H2,1H3;1H. The Morgan fingerprint density at radius 3 is 2.76 bits per heavy atom. The van der Waals surface area contributed by atoms with Crippen LogP contribution in [-0.2, 0) is 17.8 Å². The average molecular weight is 365 g/mol. The Bertz CT molecular complexity index is 612. The number of amides is 1. The molecule has 0 aromatic heterocycles. The van der Waals surface area contributed by atoms with Crippen LogP contribution in [0.15, 0.2) is 18.2 Å². The number of nitrogens with one attached hydrogen (secondary N) is 1. The lowest BCUT2D eigenvalue weighted by molar-refractivity contribution is -0.140. The molecule has 0 radical (unpaired) electrons. The Kier molecular flexibility index (Phi) is 5.90. The second kappa shape index (κ2) is 7.96. The SMILES string of the molecule is CC(C(=O)N(Cc1ccc2c(c1)CCO2)C1CCCC1)C1CNC1.Cl. The molecule has 4 rings (SSSR count). The summed E-state index contributed by atoms with van der Waals surface area (Å²) in [5, 5.41) is 3.30. The van der Waals surface area contributed by atoms with E-state index in [1.165, 1.54) is 24.0 Å². The van der Waals surface area contributed by atoms with Gasteiger partial charge in [-0.3, -0.25) is 4.79 Å². The summed E-state index contributed by atoms with van der Waals surface area (Å²) >= 11 is 0. The molecular weight excluding hydrogens is 336 g/mol. The summed E-state index contributed by atoms with van der Waals surface area (Å²) in [6.07, 6.45) is 5.83. The number of benzene rings is 1. The molecule has 2 heterocycles. The highest BCUT2D eigenvalue weighted by Crippen LogP contribution is 2.31. The topological polar surface area (TPSA) is 41.6 Å². The Hall–Kier alpha value is -1.26. The molecule has 4 nitrogen and oxygen atoms in total. The first-order valence-corrected chi connectivity index (χ1v) is 9.48. The highest BCUT2D eigenvalue weighted by atomic mass is 35.5. The van der Waals surface area contributed by atoms with Crippen molar-refractivity contribution in [3.63, 3.8) is 0 Å². The van der Waals surface area contributed by atoms with Crippen molar-refractivity contribution in [3.05, 3.63) is 29.3 Å². The Balaban J connectivity index is 0.00000182. The number of nitrogens with zero attached hydrogens (tertiary/aromatic N) is 1. The van der Waals surface area contributed by atoms with E-state index in [1.807, 2.05) is 0 Å². The summed E-state index contributed by atoms with van der Waals surface area (Å²) in [6.45, 7) is 5.63. The van der Waals surface area contributed by atoms with Crippen LogP contribution in [0.25, 0.3) is 0 Å². The van der Waals surface area contributed by atoms with E-state index < -0.39 is 0 Å². The fourth-order valence-corrected chi connectivity index (χ4v) is 4.27. The molecule has 1 atom stereocenters. The van der Waals surface area contributed by atoms with E-state index in [4.69, 9.17) is 4.74 Å². The van der Waals surface area contributed by atoms with Crippen molar-refractivity contribution in [2.45, 2.75) is 51.6 Å². The molecule has 0 bridgehead atoms. The second-order valence-electron chi connectivity index (χ2n) is 7.65. The van der Waals surface area contributed by atoms with E-state index in [1.54, 1.807) is 0 Å². The molecule has 0 spiro atoms. The number of rotatable bonds is 5. The predicted molar refractivity (Wildman–Crippen MR) is 101 cm³/mol. The molecule has 1 saturated heterocycles. The molecule has 1 aromatic carbocycles. The van der Waals surface area contributed by atoms with Gasteiger partial charge in [0.05, 0.1) is 6.61 Å². The minimum absolute atomic E-state index is 0. The first-order chi connectivity index (χ1) is 11.7. The summed E-state index contributed by atoms with van der Waals surface area (Å²) in [4.78, 5) is 15.4. The molecule has 3 aliphatic rings. The van der Waals surface area contributed by atoms with Crippen molar-refractivity contribution in [2.75, 3.05) is 19.7 Å². The fraction of sp³-hybridized carbons (Fsp3) is 0.650. The van der Waals surface area contributed by atoms with Crippen molar-refractivity contribution in [1.29, 1.82) is 0 Å². The third-order valence-corrected chi connectivity index (χ3v) is 6.07. The van der Waals surface area contributed by atoms with Crippen LogP contribution in [0.1, 0.15) is 43.7 Å². The van der Waals surface area contributed by atoms with Crippen LogP contribution >= 0.6 is 12.4 Å². The van der Waals surface area contributed by atoms with Gasteiger partial charge in [-0.15, -0.1) is 12.4 Å². The number of hydrogen-bond donors (Lipinski definition) is 1. The lowest BCUT2D eigenvalue weighted by Crippen LogP contribution is -2.51. The van der Waals surface area contributed by atoms with Crippen molar-refractivity contribution >= 4 is 18.3 Å². The number of carbonyl (C=O) groups is 1. The van der Waals surface area contributed by atoms with Gasteiger partial charge in [0.25, 0.3) is 0 Å². The zero-order valence-corrected chi connectivity index (χ0v) is 15.8. The summed E-state index contributed by atoms with van der Waals surface area (Å²) in [6, 6.07) is 6.88. The van der Waals surface area contributed by atoms with Crippen molar-refractivity contribution in [2.24, 2.45) is 11.8 Å². The minimum Gasteiger partial charge on any atom is -0.493 e. The zero-order valence-electron chi connectivity index (χ0n) is 15.0. The third kappa shape index (κ3) is 3.80. The number of halogens is 1. The van der Waals surface area contributed by atoms with E-state index >= 15 is 0 Å². The maximum absolute atomic E-state index is 13.2. The lowest BCUT2D eigenvalue weighted by atomic mass is 9.87. The molecular formula is C20H29ClN2O2. The first-order valence-electron chi connectivity index (χ1n) is 9.48. The van der Waals surface area contributed by atoms with Crippen molar-refractivity contribution in [3.8, 4) is 5.75 Å². The summed E-state index contributed by atoms with van der Waals surface area (Å²) < 4.78 is 5.61. The molecule has 1 aromatic rings. The molecule has 5 heteroatoms. The van der Waals surface area contributed by atoms with E-state index in [9.17, 15) is 4.79 Å². The van der Waals surface area contributed by atoms with Gasteiger partial charge >= 0.3 is 0 Å². The van der Waals surface area contributed by atoms with Crippen LogP contribution in [0.5, 0.6) is 5.75 Å². The Morgan fingerprint density at radius 1 is 1.32 bits per heavy atom. The summed E-state index contributed by atoms with van der Waals surface area (Å²) in [5.74, 6) is 2.01. The molecule has 2 aliphatic heterocycles. The molecule has 1 N–H and O–H groups in total. The quantitative estimate of drug-likeness (QED) is 0.872. The number of carbonyl (C=O) groups excluding carboxylic acids is 1. The summed E-state index contributed by atoms with van der Waals surface area (Å²) in [7, 11) is 0. The Labute approximate surface area is 156 Å². The molecule has 138 valence electrons. The number of ether oxygens (including phenoxy) is 1.